The first kappa shape index (κ1) is 18.8. The van der Waals surface area contributed by atoms with Gasteiger partial charge in [0.05, 0.1) is 0 Å². The zero-order valence-electron chi connectivity index (χ0n) is 16.8. The van der Waals surface area contributed by atoms with Crippen LogP contribution in [0, 0.1) is 0 Å². The number of rotatable bonds is 4. The van der Waals surface area contributed by atoms with Crippen molar-refractivity contribution in [2.24, 2.45) is 0 Å². The maximum Gasteiger partial charge on any atom is 0.255 e. The summed E-state index contributed by atoms with van der Waals surface area (Å²) in [5, 5.41) is 6.05. The molecule has 1 aromatic carbocycles. The molecule has 0 radical (unpaired) electrons. The number of nitrogens with zero attached hydrogens (tertiary/aromatic N) is 2. The van der Waals surface area contributed by atoms with E-state index in [9.17, 15) is 14.4 Å². The number of imide groups is 1. The SMILES string of the molecule is CN(Cc1ccc2c(c1)CN(C1CCC(=O)NC1=O)C2=O)C1C[C@H]2CC[C@@H](C1)N2. The molecular weight excluding hydrogens is 368 g/mol. The summed E-state index contributed by atoms with van der Waals surface area (Å²) >= 11 is 0. The smallest absolute Gasteiger partial charge is 0.255 e. The van der Waals surface area contributed by atoms with E-state index in [0.29, 0.717) is 36.7 Å². The Balaban J connectivity index is 1.27. The molecule has 4 heterocycles. The van der Waals surface area contributed by atoms with Crippen molar-refractivity contribution in [3.63, 3.8) is 0 Å². The fourth-order valence-corrected chi connectivity index (χ4v) is 5.53. The highest BCUT2D eigenvalue weighted by molar-refractivity contribution is 6.05. The lowest BCUT2D eigenvalue weighted by molar-refractivity contribution is -0.136. The summed E-state index contributed by atoms with van der Waals surface area (Å²) in [6, 6.07) is 7.44. The fraction of sp³-hybridized carbons (Fsp3) is 0.591. The van der Waals surface area contributed by atoms with Crippen molar-refractivity contribution in [3.8, 4) is 0 Å². The van der Waals surface area contributed by atoms with Gasteiger partial charge in [-0.25, -0.2) is 0 Å². The Labute approximate surface area is 170 Å². The van der Waals surface area contributed by atoms with E-state index in [1.54, 1.807) is 4.90 Å². The topological polar surface area (TPSA) is 81.8 Å². The molecule has 0 aromatic heterocycles. The predicted octanol–water partition coefficient (Wildman–Crippen LogP) is 1.16. The zero-order chi connectivity index (χ0) is 20.1. The van der Waals surface area contributed by atoms with Crippen molar-refractivity contribution < 1.29 is 14.4 Å². The monoisotopic (exact) mass is 396 g/mol. The third kappa shape index (κ3) is 3.46. The van der Waals surface area contributed by atoms with Gasteiger partial charge in [0, 0.05) is 43.2 Å². The number of hydrogen-bond acceptors (Lipinski definition) is 5. The number of carbonyl (C=O) groups is 3. The van der Waals surface area contributed by atoms with Crippen LogP contribution < -0.4 is 10.6 Å². The van der Waals surface area contributed by atoms with Gasteiger partial charge in [-0.1, -0.05) is 12.1 Å². The normalized spacial score (nSPS) is 31.4. The van der Waals surface area contributed by atoms with E-state index in [2.05, 4.69) is 28.6 Å². The molecule has 2 N–H and O–H groups in total. The summed E-state index contributed by atoms with van der Waals surface area (Å²) in [4.78, 5) is 40.5. The average Bonchev–Trinajstić information content (AvgIpc) is 3.20. The lowest BCUT2D eigenvalue weighted by atomic mass is 9.97. The van der Waals surface area contributed by atoms with Gasteiger partial charge in [0.25, 0.3) is 5.91 Å². The molecule has 0 aliphatic carbocycles. The first-order chi connectivity index (χ1) is 14.0. The third-order valence-electron chi connectivity index (χ3n) is 7.09. The van der Waals surface area contributed by atoms with Crippen molar-refractivity contribution in [1.29, 1.82) is 0 Å². The summed E-state index contributed by atoms with van der Waals surface area (Å²) < 4.78 is 0. The third-order valence-corrected chi connectivity index (χ3v) is 7.09. The zero-order valence-corrected chi connectivity index (χ0v) is 16.8. The van der Waals surface area contributed by atoms with E-state index in [4.69, 9.17) is 0 Å². The van der Waals surface area contributed by atoms with Gasteiger partial charge >= 0.3 is 0 Å². The summed E-state index contributed by atoms with van der Waals surface area (Å²) in [5.74, 6) is -0.723. The number of nitrogens with one attached hydrogen (secondary N) is 2. The van der Waals surface area contributed by atoms with E-state index in [1.807, 2.05) is 12.1 Å². The molecule has 3 amide bonds. The molecule has 7 heteroatoms. The highest BCUT2D eigenvalue weighted by Crippen LogP contribution is 2.31. The van der Waals surface area contributed by atoms with E-state index >= 15 is 0 Å². The lowest BCUT2D eigenvalue weighted by Gasteiger charge is -2.35. The van der Waals surface area contributed by atoms with E-state index in [0.717, 1.165) is 12.1 Å². The van der Waals surface area contributed by atoms with Crippen molar-refractivity contribution in [1.82, 2.24) is 20.4 Å². The maximum absolute atomic E-state index is 12.8. The van der Waals surface area contributed by atoms with Gasteiger partial charge < -0.3 is 10.2 Å². The molecule has 4 aliphatic heterocycles. The lowest BCUT2D eigenvalue weighted by Crippen LogP contribution is -2.52. The minimum absolute atomic E-state index is 0.107. The predicted molar refractivity (Wildman–Crippen MR) is 107 cm³/mol. The van der Waals surface area contributed by atoms with Crippen LogP contribution in [0.5, 0.6) is 0 Å². The summed E-state index contributed by atoms with van der Waals surface area (Å²) in [6.07, 6.45) is 5.70. The molecule has 3 fully saturated rings. The van der Waals surface area contributed by atoms with Crippen LogP contribution in [0.15, 0.2) is 18.2 Å². The molecule has 2 unspecified atom stereocenters. The molecule has 2 bridgehead atoms. The van der Waals surface area contributed by atoms with Crippen LogP contribution in [0.25, 0.3) is 0 Å². The highest BCUT2D eigenvalue weighted by Gasteiger charge is 2.39. The molecule has 154 valence electrons. The minimum atomic E-state index is -0.552. The number of amides is 3. The van der Waals surface area contributed by atoms with Gasteiger partial charge in [-0.2, -0.15) is 0 Å². The van der Waals surface area contributed by atoms with Crippen molar-refractivity contribution in [3.05, 3.63) is 34.9 Å². The van der Waals surface area contributed by atoms with Crippen LogP contribution in [0.2, 0.25) is 0 Å². The van der Waals surface area contributed by atoms with Crippen molar-refractivity contribution in [2.45, 2.75) is 75.8 Å². The second-order valence-electron chi connectivity index (χ2n) is 9.07. The molecule has 0 saturated carbocycles. The van der Waals surface area contributed by atoms with Crippen LogP contribution in [0.1, 0.15) is 60.0 Å². The molecule has 5 rings (SSSR count). The molecule has 7 nitrogen and oxygen atoms in total. The van der Waals surface area contributed by atoms with Crippen LogP contribution >= 0.6 is 0 Å². The number of carbonyl (C=O) groups excluding carboxylic acids is 3. The van der Waals surface area contributed by atoms with Crippen LogP contribution in [-0.4, -0.2) is 58.7 Å². The van der Waals surface area contributed by atoms with Crippen LogP contribution in [0.4, 0.5) is 0 Å². The molecular formula is C22H28N4O3. The molecule has 0 spiro atoms. The van der Waals surface area contributed by atoms with E-state index < -0.39 is 6.04 Å². The Hall–Kier alpha value is -2.25. The van der Waals surface area contributed by atoms with Gasteiger partial charge in [0.1, 0.15) is 6.04 Å². The molecule has 3 saturated heterocycles. The largest absolute Gasteiger partial charge is 0.322 e. The molecule has 1 aromatic rings. The maximum atomic E-state index is 12.8. The van der Waals surface area contributed by atoms with Gasteiger partial charge in [-0.3, -0.25) is 24.6 Å². The summed E-state index contributed by atoms with van der Waals surface area (Å²) in [5.41, 5.74) is 2.87. The quantitative estimate of drug-likeness (QED) is 0.747. The Morgan fingerprint density at radius 2 is 1.86 bits per heavy atom. The minimum Gasteiger partial charge on any atom is -0.322 e. The Kier molecular flexibility index (Phi) is 4.67. The average molecular weight is 396 g/mol. The van der Waals surface area contributed by atoms with Gasteiger partial charge in [0.2, 0.25) is 11.8 Å². The second-order valence-corrected chi connectivity index (χ2v) is 9.07. The Bertz CT molecular complexity index is 858. The molecule has 4 atom stereocenters. The molecule has 4 aliphatic rings. The van der Waals surface area contributed by atoms with Crippen molar-refractivity contribution in [2.75, 3.05) is 7.05 Å². The summed E-state index contributed by atoms with van der Waals surface area (Å²) in [7, 11) is 2.20. The standard InChI is InChI=1S/C22H28N4O3/c1-25(17-9-15-3-4-16(10-17)23-15)11-13-2-5-18-14(8-13)12-26(22(18)29)19-6-7-20(27)24-21(19)28/h2,5,8,15-17,19,23H,3-4,6-7,9-12H2,1H3,(H,24,27,28)/t15-,16+,17?,19?. The second kappa shape index (κ2) is 7.22. The van der Waals surface area contributed by atoms with Crippen molar-refractivity contribution >= 4 is 17.7 Å². The van der Waals surface area contributed by atoms with Crippen LogP contribution in [0.3, 0.4) is 0 Å². The number of hydrogen-bond donors (Lipinski definition) is 2. The summed E-state index contributed by atoms with van der Waals surface area (Å²) in [6.45, 7) is 1.31. The van der Waals surface area contributed by atoms with E-state index in [1.165, 1.54) is 31.2 Å². The first-order valence-electron chi connectivity index (χ1n) is 10.7. The van der Waals surface area contributed by atoms with Gasteiger partial charge in [-0.15, -0.1) is 0 Å². The number of piperidine rings is 2. The number of benzene rings is 1. The first-order valence-corrected chi connectivity index (χ1v) is 10.7. The van der Waals surface area contributed by atoms with Gasteiger partial charge in [0.15, 0.2) is 0 Å². The fourth-order valence-electron chi connectivity index (χ4n) is 5.53. The van der Waals surface area contributed by atoms with Crippen LogP contribution in [-0.2, 0) is 22.7 Å². The van der Waals surface area contributed by atoms with E-state index in [-0.39, 0.29) is 24.1 Å². The Morgan fingerprint density at radius 1 is 1.10 bits per heavy atom. The Morgan fingerprint density at radius 3 is 2.59 bits per heavy atom. The highest BCUT2D eigenvalue weighted by atomic mass is 16.2. The van der Waals surface area contributed by atoms with Gasteiger partial charge in [-0.05, 0) is 56.3 Å². The number of fused-ring (bicyclic) bond motifs is 3. The molecule has 29 heavy (non-hydrogen) atoms.